The number of carbonyl (C=O) groups is 1. The lowest BCUT2D eigenvalue weighted by Gasteiger charge is -1.99. The van der Waals surface area contributed by atoms with Crippen LogP contribution in [0.25, 0.3) is 6.08 Å². The first-order chi connectivity index (χ1) is 11.1. The Balaban J connectivity index is 1.78. The van der Waals surface area contributed by atoms with Crippen LogP contribution in [0.3, 0.4) is 0 Å². The Morgan fingerprint density at radius 1 is 1.09 bits per heavy atom. The molecule has 0 aliphatic carbocycles. The van der Waals surface area contributed by atoms with Crippen molar-refractivity contribution in [3.63, 3.8) is 0 Å². The molecule has 1 N–H and O–H groups in total. The molecule has 1 heterocycles. The molecule has 0 saturated carbocycles. The first-order valence-electron chi connectivity index (χ1n) is 7.14. The largest absolute Gasteiger partial charge is 0.497 e. The fourth-order valence-corrected chi connectivity index (χ4v) is 2.91. The van der Waals surface area contributed by atoms with Gasteiger partial charge in [-0.2, -0.15) is 0 Å². The van der Waals surface area contributed by atoms with Crippen molar-refractivity contribution < 1.29 is 9.53 Å². The molecule has 1 amide bonds. The smallest absolute Gasteiger partial charge is 0.264 e. The summed E-state index contributed by atoms with van der Waals surface area (Å²) in [6.07, 6.45) is 1.87. The van der Waals surface area contributed by atoms with Crippen molar-refractivity contribution in [1.29, 1.82) is 0 Å². The van der Waals surface area contributed by atoms with Crippen molar-refractivity contribution in [3.05, 3.63) is 64.6 Å². The third-order valence-electron chi connectivity index (χ3n) is 3.33. The number of aliphatic imine (C=N–C) groups is 1. The van der Waals surface area contributed by atoms with Gasteiger partial charge in [-0.3, -0.25) is 4.79 Å². The Morgan fingerprint density at radius 2 is 1.78 bits per heavy atom. The highest BCUT2D eigenvalue weighted by molar-refractivity contribution is 8.18. The second-order valence-corrected chi connectivity index (χ2v) is 6.12. The van der Waals surface area contributed by atoms with Gasteiger partial charge in [0.05, 0.1) is 17.7 Å². The van der Waals surface area contributed by atoms with Gasteiger partial charge in [-0.25, -0.2) is 4.99 Å². The maximum atomic E-state index is 12.0. The van der Waals surface area contributed by atoms with E-state index in [1.54, 1.807) is 7.11 Å². The van der Waals surface area contributed by atoms with Crippen LogP contribution in [0.4, 0.5) is 5.69 Å². The third kappa shape index (κ3) is 3.81. The molecule has 4 nitrogen and oxygen atoms in total. The van der Waals surface area contributed by atoms with Crippen LogP contribution >= 0.6 is 11.8 Å². The number of hydrogen-bond acceptors (Lipinski definition) is 4. The van der Waals surface area contributed by atoms with Crippen LogP contribution in [0.5, 0.6) is 5.75 Å². The molecule has 0 unspecified atom stereocenters. The molecule has 116 valence electrons. The number of aryl methyl sites for hydroxylation is 1. The summed E-state index contributed by atoms with van der Waals surface area (Å²) in [5, 5.41) is 3.37. The zero-order chi connectivity index (χ0) is 16.2. The van der Waals surface area contributed by atoms with Gasteiger partial charge in [-0.1, -0.05) is 29.8 Å². The molecular formula is C18H16N2O2S. The van der Waals surface area contributed by atoms with Crippen molar-refractivity contribution in [2.45, 2.75) is 6.92 Å². The van der Waals surface area contributed by atoms with E-state index in [0.29, 0.717) is 10.1 Å². The first kappa shape index (κ1) is 15.4. The van der Waals surface area contributed by atoms with Crippen LogP contribution < -0.4 is 10.1 Å². The lowest BCUT2D eigenvalue weighted by atomic mass is 10.1. The summed E-state index contributed by atoms with van der Waals surface area (Å²) in [5.74, 6) is 0.653. The molecule has 2 aromatic rings. The Kier molecular flexibility index (Phi) is 4.48. The molecule has 1 aliphatic heterocycles. The van der Waals surface area contributed by atoms with E-state index in [1.807, 2.05) is 61.5 Å². The van der Waals surface area contributed by atoms with E-state index in [4.69, 9.17) is 4.74 Å². The molecular weight excluding hydrogens is 308 g/mol. The Labute approximate surface area is 139 Å². The summed E-state index contributed by atoms with van der Waals surface area (Å²) >= 11 is 1.34. The summed E-state index contributed by atoms with van der Waals surface area (Å²) < 4.78 is 5.12. The van der Waals surface area contributed by atoms with E-state index in [0.717, 1.165) is 17.0 Å². The summed E-state index contributed by atoms with van der Waals surface area (Å²) in [6, 6.07) is 15.4. The lowest BCUT2D eigenvalue weighted by Crippen LogP contribution is -2.19. The van der Waals surface area contributed by atoms with E-state index >= 15 is 0 Å². The predicted molar refractivity (Wildman–Crippen MR) is 95.0 cm³/mol. The maximum absolute atomic E-state index is 12.0. The number of hydrogen-bond donors (Lipinski definition) is 1. The van der Waals surface area contributed by atoms with Gasteiger partial charge in [-0.15, -0.1) is 0 Å². The number of rotatable bonds is 3. The summed E-state index contributed by atoms with van der Waals surface area (Å²) in [6.45, 7) is 2.04. The number of benzene rings is 2. The minimum absolute atomic E-state index is 0.122. The Morgan fingerprint density at radius 3 is 2.43 bits per heavy atom. The lowest BCUT2D eigenvalue weighted by molar-refractivity contribution is -0.115. The van der Waals surface area contributed by atoms with Gasteiger partial charge >= 0.3 is 0 Å². The average Bonchev–Trinajstić information content (AvgIpc) is 2.90. The predicted octanol–water partition coefficient (Wildman–Crippen LogP) is 3.90. The molecule has 5 heteroatoms. The second kappa shape index (κ2) is 6.71. The van der Waals surface area contributed by atoms with Crippen molar-refractivity contribution >= 4 is 34.6 Å². The van der Waals surface area contributed by atoms with E-state index < -0.39 is 0 Å². The Hall–Kier alpha value is -2.53. The summed E-state index contributed by atoms with van der Waals surface area (Å²) in [7, 11) is 1.62. The van der Waals surface area contributed by atoms with Crippen molar-refractivity contribution in [2.24, 2.45) is 4.99 Å². The van der Waals surface area contributed by atoms with Crippen molar-refractivity contribution in [2.75, 3.05) is 7.11 Å². The molecule has 23 heavy (non-hydrogen) atoms. The summed E-state index contributed by atoms with van der Waals surface area (Å²) in [5.41, 5.74) is 2.96. The minimum Gasteiger partial charge on any atom is -0.497 e. The van der Waals surface area contributed by atoms with Gasteiger partial charge in [-0.05, 0) is 54.6 Å². The monoisotopic (exact) mass is 324 g/mol. The molecule has 0 radical (unpaired) electrons. The normalized spacial score (nSPS) is 17.6. The van der Waals surface area contributed by atoms with Crippen LogP contribution in [-0.2, 0) is 4.79 Å². The van der Waals surface area contributed by atoms with Crippen LogP contribution in [0.2, 0.25) is 0 Å². The molecule has 0 bridgehead atoms. The van der Waals surface area contributed by atoms with Gasteiger partial charge in [0.15, 0.2) is 5.17 Å². The zero-order valence-electron chi connectivity index (χ0n) is 12.9. The highest BCUT2D eigenvalue weighted by Crippen LogP contribution is 2.28. The van der Waals surface area contributed by atoms with E-state index in [2.05, 4.69) is 10.3 Å². The SMILES string of the molecule is COc1ccc(N=C2NC(=O)C(=Cc3ccc(C)cc3)S2)cc1. The topological polar surface area (TPSA) is 50.7 Å². The van der Waals surface area contributed by atoms with E-state index in [1.165, 1.54) is 17.3 Å². The van der Waals surface area contributed by atoms with Gasteiger partial charge in [0.2, 0.25) is 0 Å². The van der Waals surface area contributed by atoms with E-state index in [-0.39, 0.29) is 5.91 Å². The number of ether oxygens (including phenoxy) is 1. The molecule has 0 aromatic heterocycles. The van der Waals surface area contributed by atoms with Gasteiger partial charge < -0.3 is 10.1 Å². The van der Waals surface area contributed by atoms with Crippen LogP contribution in [0.1, 0.15) is 11.1 Å². The highest BCUT2D eigenvalue weighted by atomic mass is 32.2. The Bertz CT molecular complexity index is 778. The number of nitrogens with one attached hydrogen (secondary N) is 1. The fourth-order valence-electron chi connectivity index (χ4n) is 2.07. The van der Waals surface area contributed by atoms with Crippen LogP contribution in [-0.4, -0.2) is 18.2 Å². The molecule has 1 saturated heterocycles. The van der Waals surface area contributed by atoms with Crippen LogP contribution in [0, 0.1) is 6.92 Å². The zero-order valence-corrected chi connectivity index (χ0v) is 13.7. The van der Waals surface area contributed by atoms with Crippen molar-refractivity contribution in [3.8, 4) is 5.75 Å². The molecule has 3 rings (SSSR count). The standard InChI is InChI=1S/C18H16N2O2S/c1-12-3-5-13(6-4-12)11-16-17(21)20-18(23-16)19-14-7-9-15(22-2)10-8-14/h3-11H,1-2H3,(H,19,20,21). The van der Waals surface area contributed by atoms with Gasteiger partial charge in [0, 0.05) is 0 Å². The van der Waals surface area contributed by atoms with Crippen molar-refractivity contribution in [1.82, 2.24) is 5.32 Å². The van der Waals surface area contributed by atoms with Crippen LogP contribution in [0.15, 0.2) is 58.4 Å². The molecule has 1 aliphatic rings. The quantitative estimate of drug-likeness (QED) is 0.871. The first-order valence-corrected chi connectivity index (χ1v) is 7.96. The number of amidine groups is 1. The third-order valence-corrected chi connectivity index (χ3v) is 4.24. The molecule has 1 fully saturated rings. The average molecular weight is 324 g/mol. The second-order valence-electron chi connectivity index (χ2n) is 5.09. The van der Waals surface area contributed by atoms with Gasteiger partial charge in [0.25, 0.3) is 5.91 Å². The number of methoxy groups -OCH3 is 1. The number of carbonyl (C=O) groups excluding carboxylic acids is 1. The maximum Gasteiger partial charge on any atom is 0.264 e. The fraction of sp³-hybridized carbons (Fsp3) is 0.111. The number of nitrogens with zero attached hydrogens (tertiary/aromatic N) is 1. The minimum atomic E-state index is -0.122. The molecule has 0 spiro atoms. The van der Waals surface area contributed by atoms with E-state index in [9.17, 15) is 4.79 Å². The summed E-state index contributed by atoms with van der Waals surface area (Å²) in [4.78, 5) is 17.1. The molecule has 0 atom stereocenters. The molecule has 2 aromatic carbocycles. The highest BCUT2D eigenvalue weighted by Gasteiger charge is 2.23. The number of thioether (sulfide) groups is 1. The number of amides is 1. The van der Waals surface area contributed by atoms with Gasteiger partial charge in [0.1, 0.15) is 5.75 Å².